The third-order valence-electron chi connectivity index (χ3n) is 4.35. The Hall–Kier alpha value is -3.08. The number of carbonyl (C=O) groups excluding carboxylic acids is 1. The molecular formula is C24H28BrF3N2O5. The molecule has 0 aliphatic rings. The summed E-state index contributed by atoms with van der Waals surface area (Å²) in [4.78, 5) is 35.3. The molecule has 0 bridgehead atoms. The third-order valence-corrected chi connectivity index (χ3v) is 4.87. The summed E-state index contributed by atoms with van der Waals surface area (Å²) in [5.41, 5.74) is 1.83. The number of rotatable bonds is 8. The molecule has 0 aliphatic carbocycles. The van der Waals surface area contributed by atoms with E-state index in [9.17, 15) is 27.9 Å². The van der Waals surface area contributed by atoms with Gasteiger partial charge >= 0.3 is 18.1 Å². The summed E-state index contributed by atoms with van der Waals surface area (Å²) in [7, 11) is 0. The molecule has 0 radical (unpaired) electrons. The number of carboxylic acid groups (broad SMARTS) is 2. The highest BCUT2D eigenvalue weighted by molar-refractivity contribution is 9.10. The number of nitrogens with zero attached hydrogens (tertiary/aromatic N) is 1. The number of halogens is 4. The van der Waals surface area contributed by atoms with Crippen molar-refractivity contribution in [1.29, 1.82) is 0 Å². The van der Waals surface area contributed by atoms with Crippen LogP contribution in [0.1, 0.15) is 48.4 Å². The maximum Gasteiger partial charge on any atom is 0.490 e. The topological polar surface area (TPSA) is 107 Å². The van der Waals surface area contributed by atoms with E-state index in [2.05, 4.69) is 53.8 Å². The first-order valence-electron chi connectivity index (χ1n) is 10.6. The molecule has 0 unspecified atom stereocenters. The third kappa shape index (κ3) is 10.4. The van der Waals surface area contributed by atoms with E-state index in [0.29, 0.717) is 28.8 Å². The number of carbonyl (C=O) groups is 3. The van der Waals surface area contributed by atoms with Crippen molar-refractivity contribution in [2.45, 2.75) is 33.9 Å². The number of nitrogens with one attached hydrogen (secondary N) is 1. The summed E-state index contributed by atoms with van der Waals surface area (Å²) in [5.74, 6) is -3.24. The van der Waals surface area contributed by atoms with E-state index in [1.165, 1.54) is 6.07 Å². The Balaban J connectivity index is 0.000000762. The molecular weight excluding hydrogens is 533 g/mol. The number of anilines is 2. The fraction of sp³-hybridized carbons (Fsp3) is 0.375. The monoisotopic (exact) mass is 560 g/mol. The molecule has 0 aromatic heterocycles. The van der Waals surface area contributed by atoms with Crippen molar-refractivity contribution >= 4 is 45.2 Å². The van der Waals surface area contributed by atoms with Gasteiger partial charge < -0.3 is 20.4 Å². The zero-order valence-electron chi connectivity index (χ0n) is 19.7. The Morgan fingerprint density at radius 1 is 0.943 bits per heavy atom. The van der Waals surface area contributed by atoms with Crippen molar-refractivity contribution in [1.82, 2.24) is 0 Å². The second kappa shape index (κ2) is 13.1. The summed E-state index contributed by atoms with van der Waals surface area (Å²) in [5, 5.41) is 19.7. The van der Waals surface area contributed by atoms with E-state index in [4.69, 9.17) is 9.90 Å². The number of hydrogen-bond donors (Lipinski definition) is 3. The molecule has 0 saturated heterocycles. The summed E-state index contributed by atoms with van der Waals surface area (Å²) >= 11 is 3.34. The van der Waals surface area contributed by atoms with Gasteiger partial charge in [-0.25, -0.2) is 9.59 Å². The lowest BCUT2D eigenvalue weighted by atomic mass is 10.1. The van der Waals surface area contributed by atoms with E-state index in [-0.39, 0.29) is 11.5 Å². The molecule has 0 spiro atoms. The molecule has 2 aromatic carbocycles. The van der Waals surface area contributed by atoms with Gasteiger partial charge in [0.05, 0.1) is 11.3 Å². The van der Waals surface area contributed by atoms with Gasteiger partial charge in [0.25, 0.3) is 5.91 Å². The van der Waals surface area contributed by atoms with Crippen LogP contribution in [-0.4, -0.2) is 47.3 Å². The normalized spacial score (nSPS) is 11.0. The quantitative estimate of drug-likeness (QED) is 0.357. The molecule has 2 rings (SSSR count). The van der Waals surface area contributed by atoms with E-state index in [1.54, 1.807) is 36.4 Å². The summed E-state index contributed by atoms with van der Waals surface area (Å²) in [6, 6.07) is 12.1. The highest BCUT2D eigenvalue weighted by atomic mass is 79.9. The maximum atomic E-state index is 12.4. The number of hydrogen-bond acceptors (Lipinski definition) is 4. The molecule has 0 aliphatic heterocycles. The number of amides is 1. The summed E-state index contributed by atoms with van der Waals surface area (Å²) in [6.45, 7) is 9.98. The zero-order chi connectivity index (χ0) is 26.9. The van der Waals surface area contributed by atoms with Crippen molar-refractivity contribution in [3.05, 3.63) is 58.1 Å². The van der Waals surface area contributed by atoms with Crippen LogP contribution < -0.4 is 10.2 Å². The average Bonchev–Trinajstić information content (AvgIpc) is 2.72. The minimum Gasteiger partial charge on any atom is -0.478 e. The van der Waals surface area contributed by atoms with Crippen LogP contribution in [0.3, 0.4) is 0 Å². The Morgan fingerprint density at radius 3 is 1.83 bits per heavy atom. The van der Waals surface area contributed by atoms with Crippen LogP contribution in [0.25, 0.3) is 0 Å². The van der Waals surface area contributed by atoms with Crippen LogP contribution in [-0.2, 0) is 4.79 Å². The van der Waals surface area contributed by atoms with Gasteiger partial charge in [-0.3, -0.25) is 4.79 Å². The predicted octanol–water partition coefficient (Wildman–Crippen LogP) is 6.15. The highest BCUT2D eigenvalue weighted by Gasteiger charge is 2.38. The van der Waals surface area contributed by atoms with Crippen LogP contribution in [0.2, 0.25) is 0 Å². The highest BCUT2D eigenvalue weighted by Crippen LogP contribution is 2.27. The minimum atomic E-state index is -5.08. The van der Waals surface area contributed by atoms with Crippen LogP contribution >= 0.6 is 15.9 Å². The zero-order valence-corrected chi connectivity index (χ0v) is 21.3. The number of aromatic carboxylic acids is 1. The van der Waals surface area contributed by atoms with E-state index < -0.39 is 18.1 Å². The first-order valence-corrected chi connectivity index (χ1v) is 11.4. The molecule has 7 nitrogen and oxygen atoms in total. The average molecular weight is 561 g/mol. The summed E-state index contributed by atoms with van der Waals surface area (Å²) < 4.78 is 32.6. The van der Waals surface area contributed by atoms with Gasteiger partial charge in [0, 0.05) is 28.8 Å². The molecule has 0 fully saturated rings. The fourth-order valence-corrected chi connectivity index (χ4v) is 3.28. The van der Waals surface area contributed by atoms with Crippen LogP contribution in [0.4, 0.5) is 24.5 Å². The van der Waals surface area contributed by atoms with Gasteiger partial charge in [0.15, 0.2) is 0 Å². The Kier molecular flexibility index (Phi) is 11.2. The van der Waals surface area contributed by atoms with Gasteiger partial charge in [-0.2, -0.15) is 13.2 Å². The standard InChI is InChI=1S/C22H27BrN2O3.C2HF3O2/c1-14(2)12-25(13-15(3)4)20-10-9-18(11-19(20)22(27)28)24-21(26)16-5-7-17(23)8-6-16;3-2(4,5)1(6)7/h5-11,14-15H,12-13H2,1-4H3,(H,24,26)(H,27,28);(H,6,7). The van der Waals surface area contributed by atoms with E-state index in [1.807, 2.05) is 0 Å². The van der Waals surface area contributed by atoms with Crippen LogP contribution in [0, 0.1) is 11.8 Å². The summed E-state index contributed by atoms with van der Waals surface area (Å²) in [6.07, 6.45) is -5.08. The van der Waals surface area contributed by atoms with Crippen molar-refractivity contribution in [2.75, 3.05) is 23.3 Å². The molecule has 1 amide bonds. The number of carboxylic acids is 2. The Labute approximate surface area is 210 Å². The fourth-order valence-electron chi connectivity index (χ4n) is 3.02. The SMILES string of the molecule is CC(C)CN(CC(C)C)c1ccc(NC(=O)c2ccc(Br)cc2)cc1C(=O)O.O=C(O)C(F)(F)F. The van der Waals surface area contributed by atoms with Gasteiger partial charge in [0.1, 0.15) is 0 Å². The van der Waals surface area contributed by atoms with Crippen molar-refractivity contribution < 1.29 is 37.8 Å². The molecule has 0 saturated carbocycles. The second-order valence-electron chi connectivity index (χ2n) is 8.49. The maximum absolute atomic E-state index is 12.4. The lowest BCUT2D eigenvalue weighted by Crippen LogP contribution is -2.32. The van der Waals surface area contributed by atoms with Gasteiger partial charge in [-0.1, -0.05) is 43.6 Å². The van der Waals surface area contributed by atoms with Gasteiger partial charge in [0.2, 0.25) is 0 Å². The Morgan fingerprint density at radius 2 is 1.43 bits per heavy atom. The molecule has 192 valence electrons. The number of aliphatic carboxylic acids is 1. The second-order valence-corrected chi connectivity index (χ2v) is 9.41. The molecule has 11 heteroatoms. The van der Waals surface area contributed by atoms with Crippen molar-refractivity contribution in [2.24, 2.45) is 11.8 Å². The number of benzene rings is 2. The Bertz CT molecular complexity index is 1010. The van der Waals surface area contributed by atoms with Gasteiger partial charge in [-0.15, -0.1) is 0 Å². The van der Waals surface area contributed by atoms with Crippen molar-refractivity contribution in [3.8, 4) is 0 Å². The first kappa shape index (κ1) is 30.0. The van der Waals surface area contributed by atoms with Crippen LogP contribution in [0.15, 0.2) is 46.9 Å². The lowest BCUT2D eigenvalue weighted by molar-refractivity contribution is -0.192. The van der Waals surface area contributed by atoms with E-state index >= 15 is 0 Å². The molecule has 2 aromatic rings. The molecule has 35 heavy (non-hydrogen) atoms. The van der Waals surface area contributed by atoms with Crippen LogP contribution in [0.5, 0.6) is 0 Å². The lowest BCUT2D eigenvalue weighted by Gasteiger charge is -2.30. The van der Waals surface area contributed by atoms with Gasteiger partial charge in [-0.05, 0) is 54.3 Å². The van der Waals surface area contributed by atoms with Crippen molar-refractivity contribution in [3.63, 3.8) is 0 Å². The smallest absolute Gasteiger partial charge is 0.478 e. The van der Waals surface area contributed by atoms with E-state index in [0.717, 1.165) is 17.6 Å². The number of alkyl halides is 3. The molecule has 0 atom stereocenters. The largest absolute Gasteiger partial charge is 0.490 e. The first-order chi connectivity index (χ1) is 16.1. The minimum absolute atomic E-state index is 0.190. The predicted molar refractivity (Wildman–Crippen MR) is 131 cm³/mol. The molecule has 0 heterocycles. The molecule has 3 N–H and O–H groups in total.